The van der Waals surface area contributed by atoms with Gasteiger partial charge in [-0.3, -0.25) is 9.48 Å². The van der Waals surface area contributed by atoms with E-state index in [1.165, 1.54) is 17.3 Å². The molecule has 1 aliphatic rings. The van der Waals surface area contributed by atoms with E-state index in [2.05, 4.69) is 15.1 Å². The quantitative estimate of drug-likeness (QED) is 0.753. The van der Waals surface area contributed by atoms with Gasteiger partial charge >= 0.3 is 0 Å². The number of hydrogen-bond donors (Lipinski definition) is 1. The zero-order chi connectivity index (χ0) is 11.1. The highest BCUT2D eigenvalue weighted by Gasteiger charge is 2.23. The molecule has 5 nitrogen and oxygen atoms in total. The van der Waals surface area contributed by atoms with Crippen LogP contribution in [0.15, 0.2) is 11.0 Å². The number of H-pyrrole nitrogens is 1. The van der Waals surface area contributed by atoms with Gasteiger partial charge in [0, 0.05) is 14.3 Å². The fourth-order valence-corrected chi connectivity index (χ4v) is 1.86. The molecule has 3 rings (SSSR count). The summed E-state index contributed by atoms with van der Waals surface area (Å²) in [5.74, 6) is 1.13. The summed E-state index contributed by atoms with van der Waals surface area (Å²) in [5.41, 5.74) is 0.382. The Bertz CT molecular complexity index is 584. The Hall–Kier alpha value is -1.65. The third-order valence-electron chi connectivity index (χ3n) is 3.02. The fraction of sp³-hybridized carbons (Fsp3) is 0.500. The van der Waals surface area contributed by atoms with Gasteiger partial charge in [0.05, 0.1) is 6.20 Å². The molecule has 15 heavy (non-hydrogen) atoms. The number of hydrogen-bond acceptors (Lipinski definition) is 3. The van der Waals surface area contributed by atoms with E-state index in [0.717, 1.165) is 18.7 Å². The van der Waals surface area contributed by atoms with Gasteiger partial charge in [-0.15, -0.1) is 0 Å². The lowest BCUT2D eigenvalue weighted by atomic mass is 9.85. The minimum Gasteiger partial charge on any atom is -0.310 e. The van der Waals surface area contributed by atoms with Crippen LogP contribution in [0, 0.1) is 0 Å². The summed E-state index contributed by atoms with van der Waals surface area (Å²) >= 11 is 0. The first kappa shape index (κ1) is 7.62. The maximum atomic E-state index is 11.8. The summed E-state index contributed by atoms with van der Waals surface area (Å²) in [6.45, 7) is 0. The van der Waals surface area contributed by atoms with Crippen LogP contribution >= 0.6 is 0 Å². The lowest BCUT2D eigenvalue weighted by Crippen LogP contribution is -2.19. The third kappa shape index (κ3) is 1.19. The molecule has 0 aliphatic heterocycles. The molecule has 2 heterocycles. The predicted octanol–water partition coefficient (Wildman–Crippen LogP) is 0.924. The van der Waals surface area contributed by atoms with Crippen LogP contribution in [0.3, 0.4) is 0 Å². The second-order valence-corrected chi connectivity index (χ2v) is 3.96. The van der Waals surface area contributed by atoms with Gasteiger partial charge in [0.1, 0.15) is 11.2 Å². The highest BCUT2D eigenvalue weighted by molar-refractivity contribution is 5.72. The van der Waals surface area contributed by atoms with Crippen molar-refractivity contribution in [2.75, 3.05) is 0 Å². The summed E-state index contributed by atoms with van der Waals surface area (Å²) < 4.78 is 8.74. The van der Waals surface area contributed by atoms with E-state index in [0.29, 0.717) is 17.0 Å². The highest BCUT2D eigenvalue weighted by Crippen LogP contribution is 2.33. The summed E-state index contributed by atoms with van der Waals surface area (Å²) in [6.07, 6.45) is 4.84. The Labute approximate surface area is 87.5 Å². The molecule has 0 radical (unpaired) electrons. The number of rotatable bonds is 1. The highest BCUT2D eigenvalue weighted by atomic mass is 16.1. The van der Waals surface area contributed by atoms with E-state index in [-0.39, 0.29) is 12.6 Å². The zero-order valence-electron chi connectivity index (χ0n) is 9.23. The molecule has 0 atom stereocenters. The smallest absolute Gasteiger partial charge is 0.262 e. The summed E-state index contributed by atoms with van der Waals surface area (Å²) in [6, 6.07) is 0. The molecule has 2 aromatic rings. The fourth-order valence-electron chi connectivity index (χ4n) is 1.86. The largest absolute Gasteiger partial charge is 0.310 e. The molecule has 1 aliphatic carbocycles. The summed E-state index contributed by atoms with van der Waals surface area (Å²) in [4.78, 5) is 19.0. The number of aromatic amines is 1. The van der Waals surface area contributed by atoms with Crippen LogP contribution in [0.1, 0.15) is 32.4 Å². The third-order valence-corrected chi connectivity index (χ3v) is 3.02. The van der Waals surface area contributed by atoms with Crippen molar-refractivity contribution >= 4 is 11.0 Å². The Balaban J connectivity index is 2.21. The first-order chi connectivity index (χ1) is 7.79. The molecule has 0 amide bonds. The Morgan fingerprint density at radius 1 is 1.67 bits per heavy atom. The van der Waals surface area contributed by atoms with Crippen molar-refractivity contribution in [2.45, 2.75) is 25.2 Å². The SMILES string of the molecule is [2H]Cn1ncc2c(=O)[nH]c(C3CCC3)nc21. The molecular formula is C10H12N4O. The van der Waals surface area contributed by atoms with E-state index in [9.17, 15) is 4.79 Å². The average molecular weight is 205 g/mol. The standard InChI is InChI=1S/C10H12N4O/c1-14-9-7(5-11-14)10(15)13-8(12-9)6-3-2-4-6/h5-6H,2-4H2,1H3,(H,12,13,15)/i1D. The van der Waals surface area contributed by atoms with Crippen molar-refractivity contribution in [3.63, 3.8) is 0 Å². The molecule has 1 fully saturated rings. The molecule has 2 aromatic heterocycles. The van der Waals surface area contributed by atoms with E-state index in [1.54, 1.807) is 0 Å². The van der Waals surface area contributed by atoms with E-state index in [4.69, 9.17) is 1.37 Å². The van der Waals surface area contributed by atoms with Crippen LogP contribution in [0.25, 0.3) is 11.0 Å². The lowest BCUT2D eigenvalue weighted by Gasteiger charge is -2.23. The molecule has 5 heteroatoms. The Morgan fingerprint density at radius 3 is 3.20 bits per heavy atom. The van der Waals surface area contributed by atoms with Gasteiger partial charge in [-0.05, 0) is 12.8 Å². The number of aryl methyl sites for hydroxylation is 1. The minimum atomic E-state index is -0.147. The number of aromatic nitrogens is 4. The average Bonchev–Trinajstić information content (AvgIpc) is 2.58. The van der Waals surface area contributed by atoms with Crippen LogP contribution in [-0.4, -0.2) is 19.7 Å². The zero-order valence-corrected chi connectivity index (χ0v) is 8.23. The molecule has 0 saturated heterocycles. The minimum absolute atomic E-state index is 0.00986. The number of nitrogens with zero attached hydrogens (tertiary/aromatic N) is 3. The second kappa shape index (κ2) is 2.92. The molecule has 1 saturated carbocycles. The normalized spacial score (nSPS) is 17.7. The number of nitrogens with one attached hydrogen (secondary N) is 1. The van der Waals surface area contributed by atoms with E-state index >= 15 is 0 Å². The summed E-state index contributed by atoms with van der Waals surface area (Å²) in [7, 11) is -0.00986. The first-order valence-corrected chi connectivity index (χ1v) is 5.04. The Kier molecular flexibility index (Phi) is 1.48. The molecule has 0 unspecified atom stereocenters. The molecular weight excluding hydrogens is 192 g/mol. The van der Waals surface area contributed by atoms with Crippen LogP contribution < -0.4 is 5.56 Å². The van der Waals surface area contributed by atoms with Crippen molar-refractivity contribution in [1.29, 1.82) is 0 Å². The monoisotopic (exact) mass is 205 g/mol. The van der Waals surface area contributed by atoms with Gasteiger partial charge in [-0.25, -0.2) is 4.98 Å². The van der Waals surface area contributed by atoms with Crippen molar-refractivity contribution in [3.8, 4) is 0 Å². The van der Waals surface area contributed by atoms with Crippen LogP contribution in [0.5, 0.6) is 0 Å². The van der Waals surface area contributed by atoms with Gasteiger partial charge in [-0.2, -0.15) is 5.10 Å². The summed E-state index contributed by atoms with van der Waals surface area (Å²) in [5, 5.41) is 4.43. The number of fused-ring (bicyclic) bond motifs is 1. The van der Waals surface area contributed by atoms with Gasteiger partial charge in [0.15, 0.2) is 5.65 Å². The van der Waals surface area contributed by atoms with Gasteiger partial charge < -0.3 is 4.98 Å². The van der Waals surface area contributed by atoms with Gasteiger partial charge in [0.25, 0.3) is 5.56 Å². The van der Waals surface area contributed by atoms with Gasteiger partial charge in [0.2, 0.25) is 0 Å². The molecule has 0 bridgehead atoms. The second-order valence-electron chi connectivity index (χ2n) is 3.96. The van der Waals surface area contributed by atoms with Crippen molar-refractivity contribution < 1.29 is 1.37 Å². The molecule has 0 aromatic carbocycles. The predicted molar refractivity (Wildman–Crippen MR) is 55.7 cm³/mol. The van der Waals surface area contributed by atoms with Crippen molar-refractivity contribution in [3.05, 3.63) is 22.4 Å². The molecule has 1 N–H and O–H groups in total. The van der Waals surface area contributed by atoms with Crippen molar-refractivity contribution in [2.24, 2.45) is 7.02 Å². The maximum Gasteiger partial charge on any atom is 0.262 e. The van der Waals surface area contributed by atoms with Crippen LogP contribution in [0.4, 0.5) is 0 Å². The lowest BCUT2D eigenvalue weighted by molar-refractivity contribution is 0.401. The van der Waals surface area contributed by atoms with E-state index < -0.39 is 0 Å². The maximum absolute atomic E-state index is 11.8. The first-order valence-electron chi connectivity index (χ1n) is 5.75. The topological polar surface area (TPSA) is 63.6 Å². The Morgan fingerprint density at radius 2 is 2.53 bits per heavy atom. The van der Waals surface area contributed by atoms with E-state index in [1.807, 2.05) is 0 Å². The van der Waals surface area contributed by atoms with Gasteiger partial charge in [-0.1, -0.05) is 6.42 Å². The molecule has 0 spiro atoms. The van der Waals surface area contributed by atoms with Crippen molar-refractivity contribution in [1.82, 2.24) is 19.7 Å². The van der Waals surface area contributed by atoms with Crippen LogP contribution in [-0.2, 0) is 7.02 Å². The van der Waals surface area contributed by atoms with Crippen LogP contribution in [0.2, 0.25) is 0 Å². The molecule has 78 valence electrons.